The first-order valence-corrected chi connectivity index (χ1v) is 6.81. The van der Waals surface area contributed by atoms with Gasteiger partial charge < -0.3 is 10.6 Å². The number of fused-ring (bicyclic) bond motifs is 1. The average Bonchev–Trinajstić information content (AvgIpc) is 2.34. The van der Waals surface area contributed by atoms with Crippen LogP contribution in [0.2, 0.25) is 0 Å². The second kappa shape index (κ2) is 5.32. The van der Waals surface area contributed by atoms with Crippen LogP contribution in [0.15, 0.2) is 42.5 Å². The van der Waals surface area contributed by atoms with Crippen molar-refractivity contribution in [2.24, 2.45) is 5.73 Å². The van der Waals surface area contributed by atoms with E-state index < -0.39 is 0 Å². The molecule has 0 aliphatic carbocycles. The number of rotatable bonds is 4. The smallest absolute Gasteiger partial charge is 0.0365 e. The van der Waals surface area contributed by atoms with Gasteiger partial charge in [-0.05, 0) is 50.7 Å². The minimum absolute atomic E-state index is 0.175. The van der Waals surface area contributed by atoms with Gasteiger partial charge in [-0.15, -0.1) is 0 Å². The first-order valence-electron chi connectivity index (χ1n) is 6.81. The van der Waals surface area contributed by atoms with Crippen molar-refractivity contribution in [3.8, 4) is 0 Å². The molecule has 0 saturated carbocycles. The lowest BCUT2D eigenvalue weighted by molar-refractivity contribution is 0.244. The molecule has 0 heterocycles. The Morgan fingerprint density at radius 1 is 1.05 bits per heavy atom. The highest BCUT2D eigenvalue weighted by atomic mass is 15.1. The maximum Gasteiger partial charge on any atom is 0.0365 e. The number of nitrogens with two attached hydrogens (primary N) is 1. The summed E-state index contributed by atoms with van der Waals surface area (Å²) in [5.74, 6) is 0. The van der Waals surface area contributed by atoms with Gasteiger partial charge in [-0.25, -0.2) is 0 Å². The minimum atomic E-state index is -0.175. The van der Waals surface area contributed by atoms with E-state index in [9.17, 15) is 0 Å². The second-order valence-corrected chi connectivity index (χ2v) is 6.24. The maximum absolute atomic E-state index is 6.23. The van der Waals surface area contributed by atoms with Crippen molar-refractivity contribution in [3.63, 3.8) is 0 Å². The fourth-order valence-corrected chi connectivity index (χ4v) is 2.61. The number of hydrogen-bond acceptors (Lipinski definition) is 2. The predicted molar refractivity (Wildman–Crippen MR) is 83.3 cm³/mol. The van der Waals surface area contributed by atoms with Gasteiger partial charge in [0.05, 0.1) is 0 Å². The molecule has 2 N–H and O–H groups in total. The molecule has 1 unspecified atom stereocenters. The summed E-state index contributed by atoms with van der Waals surface area (Å²) in [4.78, 5) is 2.26. The highest BCUT2D eigenvalue weighted by molar-refractivity contribution is 5.86. The van der Waals surface area contributed by atoms with Crippen LogP contribution in [0.25, 0.3) is 10.8 Å². The third kappa shape index (κ3) is 3.34. The van der Waals surface area contributed by atoms with Gasteiger partial charge in [0.2, 0.25) is 0 Å². The van der Waals surface area contributed by atoms with Gasteiger partial charge in [0.15, 0.2) is 0 Å². The monoisotopic (exact) mass is 256 g/mol. The molecule has 0 aromatic heterocycles. The fraction of sp³-hybridized carbons (Fsp3) is 0.412. The van der Waals surface area contributed by atoms with Crippen LogP contribution in [0, 0.1) is 0 Å². The zero-order chi connectivity index (χ0) is 14.0. The number of hydrogen-bond donors (Lipinski definition) is 1. The number of benzene rings is 2. The minimum Gasteiger partial charge on any atom is -0.325 e. The van der Waals surface area contributed by atoms with Crippen molar-refractivity contribution in [1.29, 1.82) is 0 Å². The van der Waals surface area contributed by atoms with Crippen molar-refractivity contribution in [2.75, 3.05) is 14.1 Å². The fourth-order valence-electron chi connectivity index (χ4n) is 2.61. The molecule has 0 radical (unpaired) electrons. The standard InChI is InChI=1S/C17H24N2/c1-17(2,18)12-16(19(3)4)15-11-7-9-13-8-5-6-10-14(13)15/h5-11,16H,12,18H2,1-4H3. The molecule has 2 nitrogen and oxygen atoms in total. The molecule has 0 aliphatic heterocycles. The molecule has 0 saturated heterocycles. The molecule has 2 aromatic rings. The van der Waals surface area contributed by atoms with Crippen LogP contribution in [-0.4, -0.2) is 24.5 Å². The Kier molecular flexibility index (Phi) is 3.93. The highest BCUT2D eigenvalue weighted by Crippen LogP contribution is 2.31. The molecule has 0 spiro atoms. The average molecular weight is 256 g/mol. The summed E-state index contributed by atoms with van der Waals surface area (Å²) in [5, 5.41) is 2.62. The van der Waals surface area contributed by atoms with Crippen molar-refractivity contribution < 1.29 is 0 Å². The van der Waals surface area contributed by atoms with Gasteiger partial charge in [0, 0.05) is 11.6 Å². The van der Waals surface area contributed by atoms with E-state index in [1.54, 1.807) is 0 Å². The van der Waals surface area contributed by atoms with E-state index in [1.165, 1.54) is 16.3 Å². The zero-order valence-corrected chi connectivity index (χ0v) is 12.4. The van der Waals surface area contributed by atoms with Gasteiger partial charge in [-0.2, -0.15) is 0 Å². The van der Waals surface area contributed by atoms with Crippen LogP contribution in [0.1, 0.15) is 31.9 Å². The molecule has 0 aliphatic rings. The van der Waals surface area contributed by atoms with Crippen LogP contribution in [0.5, 0.6) is 0 Å². The molecule has 0 bridgehead atoms. The Morgan fingerprint density at radius 3 is 2.32 bits per heavy atom. The first kappa shape index (κ1) is 14.0. The summed E-state index contributed by atoms with van der Waals surface area (Å²) in [6.07, 6.45) is 0.938. The SMILES string of the molecule is CN(C)C(CC(C)(C)N)c1cccc2ccccc12. The Labute approximate surface area is 116 Å². The molecule has 0 amide bonds. The van der Waals surface area contributed by atoms with E-state index >= 15 is 0 Å². The Hall–Kier alpha value is -1.38. The molecule has 102 valence electrons. The van der Waals surface area contributed by atoms with E-state index in [2.05, 4.69) is 75.3 Å². The van der Waals surface area contributed by atoms with Crippen molar-refractivity contribution in [2.45, 2.75) is 31.8 Å². The van der Waals surface area contributed by atoms with E-state index in [-0.39, 0.29) is 5.54 Å². The van der Waals surface area contributed by atoms with Crippen LogP contribution in [0.4, 0.5) is 0 Å². The van der Waals surface area contributed by atoms with Gasteiger partial charge in [0.25, 0.3) is 0 Å². The summed E-state index contributed by atoms with van der Waals surface area (Å²) in [5.41, 5.74) is 7.42. The van der Waals surface area contributed by atoms with E-state index in [4.69, 9.17) is 5.73 Å². The summed E-state index contributed by atoms with van der Waals surface area (Å²) < 4.78 is 0. The Bertz CT molecular complexity index is 547. The van der Waals surface area contributed by atoms with Crippen molar-refractivity contribution >= 4 is 10.8 Å². The summed E-state index contributed by atoms with van der Waals surface area (Å²) >= 11 is 0. The van der Waals surface area contributed by atoms with Crippen LogP contribution in [0.3, 0.4) is 0 Å². The Morgan fingerprint density at radius 2 is 1.68 bits per heavy atom. The van der Waals surface area contributed by atoms with Crippen molar-refractivity contribution in [1.82, 2.24) is 4.90 Å². The molecule has 0 fully saturated rings. The quantitative estimate of drug-likeness (QED) is 0.906. The lowest BCUT2D eigenvalue weighted by Crippen LogP contribution is -2.37. The third-order valence-corrected chi connectivity index (χ3v) is 3.53. The first-order chi connectivity index (χ1) is 8.88. The van der Waals surface area contributed by atoms with Gasteiger partial charge in [0.1, 0.15) is 0 Å². The van der Waals surface area contributed by atoms with E-state index in [0.29, 0.717) is 6.04 Å². The topological polar surface area (TPSA) is 29.3 Å². The zero-order valence-electron chi connectivity index (χ0n) is 12.4. The lowest BCUT2D eigenvalue weighted by Gasteiger charge is -2.32. The third-order valence-electron chi connectivity index (χ3n) is 3.53. The summed E-state index contributed by atoms with van der Waals surface area (Å²) in [6, 6.07) is 15.4. The largest absolute Gasteiger partial charge is 0.325 e. The van der Waals surface area contributed by atoms with Gasteiger partial charge >= 0.3 is 0 Å². The Balaban J connectivity index is 2.50. The highest BCUT2D eigenvalue weighted by Gasteiger charge is 2.23. The maximum atomic E-state index is 6.23. The molecular weight excluding hydrogens is 232 g/mol. The van der Waals surface area contributed by atoms with Crippen molar-refractivity contribution in [3.05, 3.63) is 48.0 Å². The molecule has 2 rings (SSSR count). The van der Waals surface area contributed by atoms with Gasteiger partial charge in [-0.1, -0.05) is 42.5 Å². The van der Waals surface area contributed by atoms with E-state index in [1.807, 2.05) is 0 Å². The van der Waals surface area contributed by atoms with Gasteiger partial charge in [-0.3, -0.25) is 0 Å². The van der Waals surface area contributed by atoms with Crippen LogP contribution >= 0.6 is 0 Å². The predicted octanol–water partition coefficient (Wildman–Crippen LogP) is 3.57. The van der Waals surface area contributed by atoms with Crippen LogP contribution < -0.4 is 5.73 Å². The summed E-state index contributed by atoms with van der Waals surface area (Å²) in [7, 11) is 4.25. The molecule has 1 atom stereocenters. The molecule has 2 aromatic carbocycles. The second-order valence-electron chi connectivity index (χ2n) is 6.24. The molecule has 19 heavy (non-hydrogen) atoms. The molecular formula is C17H24N2. The summed E-state index contributed by atoms with van der Waals surface area (Å²) in [6.45, 7) is 4.18. The number of nitrogens with zero attached hydrogens (tertiary/aromatic N) is 1. The molecule has 2 heteroatoms. The van der Waals surface area contributed by atoms with Crippen LogP contribution in [-0.2, 0) is 0 Å². The van der Waals surface area contributed by atoms with E-state index in [0.717, 1.165) is 6.42 Å². The lowest BCUT2D eigenvalue weighted by atomic mass is 9.89. The normalized spacial score (nSPS) is 14.0.